The highest BCUT2D eigenvalue weighted by molar-refractivity contribution is 5.37. The lowest BCUT2D eigenvalue weighted by molar-refractivity contribution is -0.182. The summed E-state index contributed by atoms with van der Waals surface area (Å²) in [6, 6.07) is 1.81. The maximum absolute atomic E-state index is 13.0. The first-order valence-electron chi connectivity index (χ1n) is 7.32. The van der Waals surface area contributed by atoms with Gasteiger partial charge in [-0.05, 0) is 13.3 Å². The van der Waals surface area contributed by atoms with Crippen molar-refractivity contribution >= 4 is 5.82 Å². The summed E-state index contributed by atoms with van der Waals surface area (Å²) >= 11 is 0. The number of fused-ring (bicyclic) bond motifs is 1. The molecular weight excluding hydrogens is 309 g/mol. The predicted octanol–water partition coefficient (Wildman–Crippen LogP) is 2.14. The van der Waals surface area contributed by atoms with Gasteiger partial charge in [-0.15, -0.1) is 10.2 Å². The van der Waals surface area contributed by atoms with E-state index in [1.807, 2.05) is 24.9 Å². The van der Waals surface area contributed by atoms with Crippen LogP contribution < -0.4 is 4.90 Å². The van der Waals surface area contributed by atoms with Crippen LogP contribution in [0, 0.1) is 12.8 Å². The third kappa shape index (κ3) is 3.27. The average Bonchev–Trinajstić information content (AvgIpc) is 2.89. The van der Waals surface area contributed by atoms with Crippen LogP contribution in [0.5, 0.6) is 0 Å². The van der Waals surface area contributed by atoms with Gasteiger partial charge in [0, 0.05) is 31.8 Å². The quantitative estimate of drug-likeness (QED) is 0.865. The number of anilines is 1. The topological polar surface area (TPSA) is 59.7 Å². The highest BCUT2D eigenvalue weighted by atomic mass is 19.4. The summed E-state index contributed by atoms with van der Waals surface area (Å²) in [4.78, 5) is 10.0. The van der Waals surface area contributed by atoms with E-state index in [1.54, 1.807) is 4.57 Å². The number of alkyl halides is 3. The van der Waals surface area contributed by atoms with Crippen LogP contribution in [-0.2, 0) is 19.5 Å². The van der Waals surface area contributed by atoms with Crippen molar-refractivity contribution in [3.05, 3.63) is 29.7 Å². The first kappa shape index (κ1) is 15.7. The van der Waals surface area contributed by atoms with Gasteiger partial charge in [-0.2, -0.15) is 13.2 Å². The highest BCUT2D eigenvalue weighted by Crippen LogP contribution is 2.34. The molecule has 0 saturated carbocycles. The molecule has 0 aliphatic carbocycles. The van der Waals surface area contributed by atoms with Crippen LogP contribution in [-0.4, -0.2) is 38.0 Å². The maximum Gasteiger partial charge on any atom is 0.393 e. The number of aryl methyl sites for hydroxylation is 2. The van der Waals surface area contributed by atoms with Crippen LogP contribution in [0.2, 0.25) is 0 Å². The molecule has 0 bridgehead atoms. The number of aromatic nitrogens is 5. The minimum atomic E-state index is -4.19. The van der Waals surface area contributed by atoms with E-state index in [0.29, 0.717) is 30.4 Å². The zero-order valence-corrected chi connectivity index (χ0v) is 12.9. The smallest absolute Gasteiger partial charge is 0.352 e. The van der Waals surface area contributed by atoms with Crippen molar-refractivity contribution in [2.45, 2.75) is 39.0 Å². The summed E-state index contributed by atoms with van der Waals surface area (Å²) in [5, 5.41) is 8.09. The standard InChI is InChI=1S/C14H17F3N6/c1-9-5-12(19-8-18-9)22(2)7-13-21-20-11-4-3-10(6-23(11)13)14(15,16)17/h5,8,10H,3-4,6-7H2,1-2H3. The molecule has 124 valence electrons. The Morgan fingerprint density at radius 2 is 2.09 bits per heavy atom. The predicted molar refractivity (Wildman–Crippen MR) is 76.8 cm³/mol. The lowest BCUT2D eigenvalue weighted by atomic mass is 9.99. The fourth-order valence-electron chi connectivity index (χ4n) is 2.71. The zero-order valence-electron chi connectivity index (χ0n) is 12.9. The molecule has 2 aromatic rings. The Kier molecular flexibility index (Phi) is 3.95. The van der Waals surface area contributed by atoms with Gasteiger partial charge in [-0.3, -0.25) is 0 Å². The van der Waals surface area contributed by atoms with E-state index in [2.05, 4.69) is 20.2 Å². The SMILES string of the molecule is Cc1cc(N(C)Cc2nnc3n2CC(C(F)(F)F)CC3)ncn1. The molecule has 0 radical (unpaired) electrons. The first-order chi connectivity index (χ1) is 10.8. The number of halogens is 3. The van der Waals surface area contributed by atoms with E-state index < -0.39 is 12.1 Å². The molecule has 0 N–H and O–H groups in total. The molecule has 0 saturated heterocycles. The zero-order chi connectivity index (χ0) is 16.6. The Bertz CT molecular complexity index is 696. The van der Waals surface area contributed by atoms with Crippen LogP contribution in [0.3, 0.4) is 0 Å². The number of hydrogen-bond acceptors (Lipinski definition) is 5. The molecular formula is C14H17F3N6. The van der Waals surface area contributed by atoms with E-state index in [-0.39, 0.29) is 13.0 Å². The van der Waals surface area contributed by atoms with Gasteiger partial charge in [-0.25, -0.2) is 9.97 Å². The van der Waals surface area contributed by atoms with Gasteiger partial charge in [0.1, 0.15) is 18.0 Å². The Morgan fingerprint density at radius 1 is 1.30 bits per heavy atom. The first-order valence-corrected chi connectivity index (χ1v) is 7.32. The summed E-state index contributed by atoms with van der Waals surface area (Å²) in [5.41, 5.74) is 0.822. The van der Waals surface area contributed by atoms with E-state index in [1.165, 1.54) is 6.33 Å². The van der Waals surface area contributed by atoms with Gasteiger partial charge in [0.05, 0.1) is 12.5 Å². The number of hydrogen-bond donors (Lipinski definition) is 0. The fourth-order valence-corrected chi connectivity index (χ4v) is 2.71. The van der Waals surface area contributed by atoms with Crippen LogP contribution in [0.15, 0.2) is 12.4 Å². The summed E-state index contributed by atoms with van der Waals surface area (Å²) in [6.45, 7) is 2.08. The van der Waals surface area contributed by atoms with Gasteiger partial charge in [0.2, 0.25) is 0 Å². The van der Waals surface area contributed by atoms with Gasteiger partial charge >= 0.3 is 6.18 Å². The molecule has 2 aromatic heterocycles. The van der Waals surface area contributed by atoms with Crippen LogP contribution >= 0.6 is 0 Å². The largest absolute Gasteiger partial charge is 0.393 e. The monoisotopic (exact) mass is 326 g/mol. The Hall–Kier alpha value is -2.19. The van der Waals surface area contributed by atoms with Crippen molar-refractivity contribution in [2.24, 2.45) is 5.92 Å². The lowest BCUT2D eigenvalue weighted by Gasteiger charge is -2.27. The summed E-state index contributed by atoms with van der Waals surface area (Å²) < 4.78 is 40.5. The van der Waals surface area contributed by atoms with Crippen LogP contribution in [0.25, 0.3) is 0 Å². The normalized spacial score (nSPS) is 17.9. The Morgan fingerprint density at radius 3 is 2.78 bits per heavy atom. The molecule has 0 aromatic carbocycles. The van der Waals surface area contributed by atoms with Gasteiger partial charge in [0.25, 0.3) is 0 Å². The molecule has 3 rings (SSSR count). The third-order valence-electron chi connectivity index (χ3n) is 4.05. The second-order valence-corrected chi connectivity index (χ2v) is 5.79. The second-order valence-electron chi connectivity index (χ2n) is 5.79. The molecule has 9 heteroatoms. The molecule has 23 heavy (non-hydrogen) atoms. The minimum absolute atomic E-state index is 0.0720. The molecule has 1 aliphatic heterocycles. The van der Waals surface area contributed by atoms with E-state index in [0.717, 1.165) is 5.69 Å². The van der Waals surface area contributed by atoms with Gasteiger partial charge < -0.3 is 9.47 Å². The summed E-state index contributed by atoms with van der Waals surface area (Å²) in [5.74, 6) is 0.495. The molecule has 6 nitrogen and oxygen atoms in total. The van der Waals surface area contributed by atoms with Crippen molar-refractivity contribution in [3.63, 3.8) is 0 Å². The van der Waals surface area contributed by atoms with Crippen LogP contribution in [0.1, 0.15) is 23.8 Å². The highest BCUT2D eigenvalue weighted by Gasteiger charge is 2.42. The van der Waals surface area contributed by atoms with Crippen molar-refractivity contribution in [1.29, 1.82) is 0 Å². The van der Waals surface area contributed by atoms with Crippen molar-refractivity contribution in [1.82, 2.24) is 24.7 Å². The van der Waals surface area contributed by atoms with Crippen LogP contribution in [0.4, 0.5) is 19.0 Å². The summed E-state index contributed by atoms with van der Waals surface area (Å²) in [7, 11) is 1.81. The Balaban J connectivity index is 1.79. The van der Waals surface area contributed by atoms with E-state index in [9.17, 15) is 13.2 Å². The maximum atomic E-state index is 13.0. The average molecular weight is 326 g/mol. The third-order valence-corrected chi connectivity index (χ3v) is 4.05. The Labute approximate surface area is 131 Å². The number of rotatable bonds is 3. The van der Waals surface area contributed by atoms with Gasteiger partial charge in [-0.1, -0.05) is 0 Å². The molecule has 1 unspecified atom stereocenters. The van der Waals surface area contributed by atoms with E-state index in [4.69, 9.17) is 0 Å². The van der Waals surface area contributed by atoms with Gasteiger partial charge in [0.15, 0.2) is 5.82 Å². The molecule has 0 spiro atoms. The van der Waals surface area contributed by atoms with Crippen molar-refractivity contribution in [2.75, 3.05) is 11.9 Å². The lowest BCUT2D eigenvalue weighted by Crippen LogP contribution is -2.33. The molecule has 1 aliphatic rings. The number of nitrogens with zero attached hydrogens (tertiary/aromatic N) is 6. The van der Waals surface area contributed by atoms with Crippen molar-refractivity contribution in [3.8, 4) is 0 Å². The molecule has 3 heterocycles. The van der Waals surface area contributed by atoms with Crippen molar-refractivity contribution < 1.29 is 13.2 Å². The molecule has 0 amide bonds. The molecule has 0 fully saturated rings. The molecule has 1 atom stereocenters. The minimum Gasteiger partial charge on any atom is -0.352 e. The fraction of sp³-hybridized carbons (Fsp3) is 0.571. The second kappa shape index (κ2) is 5.78. The van der Waals surface area contributed by atoms with E-state index >= 15 is 0 Å². The summed E-state index contributed by atoms with van der Waals surface area (Å²) in [6.07, 6.45) is -2.36.